The summed E-state index contributed by atoms with van der Waals surface area (Å²) in [6, 6.07) is 4.27. The van der Waals surface area contributed by atoms with E-state index in [2.05, 4.69) is 35.9 Å². The second kappa shape index (κ2) is 19.0. The lowest BCUT2D eigenvalue weighted by Gasteiger charge is -2.33. The zero-order valence-corrected chi connectivity index (χ0v) is 33.1. The Labute approximate surface area is 337 Å². The van der Waals surface area contributed by atoms with Crippen LogP contribution in [0.5, 0.6) is 11.5 Å². The molecule has 2 aliphatic heterocycles. The molecule has 0 radical (unpaired) electrons. The number of rotatable bonds is 10. The van der Waals surface area contributed by atoms with E-state index in [1.54, 1.807) is 4.90 Å². The van der Waals surface area contributed by atoms with Crippen LogP contribution in [0.1, 0.15) is 78.3 Å². The minimum Gasteiger partial charge on any atom is -0.496 e. The van der Waals surface area contributed by atoms with Crippen LogP contribution in [-0.4, -0.2) is 101 Å². The molecule has 16 nitrogen and oxygen atoms in total. The number of nitrogens with zero attached hydrogens (tertiary/aromatic N) is 5. The molecule has 20 heteroatoms. The van der Waals surface area contributed by atoms with Crippen LogP contribution in [0.25, 0.3) is 0 Å². The average Bonchev–Trinajstić information content (AvgIpc) is 3.19. The summed E-state index contributed by atoms with van der Waals surface area (Å²) in [5, 5.41) is 9.53. The summed E-state index contributed by atoms with van der Waals surface area (Å²) in [6.07, 6.45) is 5.10. The molecule has 2 saturated heterocycles. The van der Waals surface area contributed by atoms with Gasteiger partial charge in [0.25, 0.3) is 0 Å². The maximum Gasteiger partial charge on any atom is 0.410 e. The number of methoxy groups -OCH3 is 2. The van der Waals surface area contributed by atoms with E-state index in [4.69, 9.17) is 25.7 Å². The van der Waals surface area contributed by atoms with E-state index in [-0.39, 0.29) is 64.3 Å². The van der Waals surface area contributed by atoms with Crippen molar-refractivity contribution in [3.8, 4) is 11.5 Å². The molecular formula is C39H46F4N10O6. The maximum absolute atomic E-state index is 14.3. The Balaban J connectivity index is 0.000000230. The zero-order valence-electron chi connectivity index (χ0n) is 33.1. The lowest BCUT2D eigenvalue weighted by atomic mass is 10.0. The molecule has 59 heavy (non-hydrogen) atoms. The molecule has 0 bridgehead atoms. The van der Waals surface area contributed by atoms with Gasteiger partial charge in [-0.15, -0.1) is 0 Å². The van der Waals surface area contributed by atoms with E-state index in [0.717, 1.165) is 50.3 Å². The van der Waals surface area contributed by atoms with Gasteiger partial charge >= 0.3 is 6.09 Å². The molecule has 2 aliphatic rings. The fourth-order valence-corrected chi connectivity index (χ4v) is 6.24. The highest BCUT2D eigenvalue weighted by Crippen LogP contribution is 2.30. The van der Waals surface area contributed by atoms with Crippen molar-refractivity contribution < 1.29 is 46.2 Å². The van der Waals surface area contributed by atoms with Gasteiger partial charge < -0.3 is 46.5 Å². The number of hydrogen-bond donors (Lipinski definition) is 5. The van der Waals surface area contributed by atoms with Gasteiger partial charge in [-0.2, -0.15) is 9.97 Å². The molecule has 4 heterocycles. The lowest BCUT2D eigenvalue weighted by molar-refractivity contribution is 0.0210. The van der Waals surface area contributed by atoms with Crippen molar-refractivity contribution >= 4 is 41.2 Å². The summed E-state index contributed by atoms with van der Waals surface area (Å²) in [5.41, 5.74) is 9.81. The predicted octanol–water partition coefficient (Wildman–Crippen LogP) is 5.13. The number of nitrogens with two attached hydrogens (primary N) is 2. The van der Waals surface area contributed by atoms with Crippen molar-refractivity contribution in [2.24, 2.45) is 0 Å². The first-order valence-electron chi connectivity index (χ1n) is 18.6. The standard InChI is InChI=1S/C22H27F2N5O4.C17H19F2N5O2/c1-22(2,3)33-21(31)29-9-7-12(8-10-29)27-20-26-11-13(19(25)28-20)18(30)16-15(32-4)6-5-14(23)17(16)24;1-26-12-3-2-11(18)14(19)13(12)15(25)10-8-22-17(24-16(10)20)23-9-4-6-21-7-5-9/h5-6,11-12H,7-10H2,1-4H3,(H3,25,26,27,28);2-3,8-9,21H,4-7H2,1H3,(H3,20,22,23,24). The largest absolute Gasteiger partial charge is 0.496 e. The molecule has 2 fully saturated rings. The van der Waals surface area contributed by atoms with Crippen molar-refractivity contribution in [2.75, 3.05) is 62.5 Å². The van der Waals surface area contributed by atoms with Crippen LogP contribution >= 0.6 is 0 Å². The van der Waals surface area contributed by atoms with Gasteiger partial charge in [0.05, 0.1) is 25.3 Å². The number of amides is 1. The summed E-state index contributed by atoms with van der Waals surface area (Å²) in [6.45, 7) is 8.22. The number of ketones is 2. The summed E-state index contributed by atoms with van der Waals surface area (Å²) in [4.78, 5) is 55.6. The molecule has 0 saturated carbocycles. The van der Waals surface area contributed by atoms with E-state index in [9.17, 15) is 31.9 Å². The van der Waals surface area contributed by atoms with Crippen LogP contribution in [0.4, 0.5) is 45.9 Å². The van der Waals surface area contributed by atoms with E-state index in [1.807, 2.05) is 20.8 Å². The maximum atomic E-state index is 14.3. The summed E-state index contributed by atoms with van der Waals surface area (Å²) in [7, 11) is 2.50. The smallest absolute Gasteiger partial charge is 0.410 e. The van der Waals surface area contributed by atoms with Gasteiger partial charge in [-0.1, -0.05) is 0 Å². The number of carbonyl (C=O) groups excluding carboxylic acids is 3. The number of piperidine rings is 2. The number of halogens is 4. The summed E-state index contributed by atoms with van der Waals surface area (Å²) < 4.78 is 70.9. The highest BCUT2D eigenvalue weighted by atomic mass is 19.2. The molecule has 4 aromatic rings. The number of nitrogens with one attached hydrogen (secondary N) is 3. The predicted molar refractivity (Wildman–Crippen MR) is 210 cm³/mol. The number of anilines is 4. The third-order valence-electron chi connectivity index (χ3n) is 9.29. The number of aromatic nitrogens is 4. The SMILES string of the molecule is COc1ccc(F)c(F)c1C(=O)c1cnc(NC2CCN(C(=O)OC(C)(C)C)CC2)nc1N.COc1ccc(F)c(F)c1C(=O)c1cnc(NC2CCNCC2)nc1N. The van der Waals surface area contributed by atoms with Gasteiger partial charge in [0.1, 0.15) is 39.9 Å². The quantitative estimate of drug-likeness (QED) is 0.103. The number of likely N-dealkylation sites (tertiary alicyclic amines) is 1. The normalized spacial score (nSPS) is 14.8. The molecular weight excluding hydrogens is 780 g/mol. The minimum atomic E-state index is -1.34. The second-order valence-electron chi connectivity index (χ2n) is 14.6. The Morgan fingerprint density at radius 1 is 0.729 bits per heavy atom. The van der Waals surface area contributed by atoms with Gasteiger partial charge in [0.15, 0.2) is 23.3 Å². The molecule has 7 N–H and O–H groups in total. The molecule has 1 amide bonds. The number of hydrogen-bond acceptors (Lipinski definition) is 15. The Hall–Kier alpha value is -6.31. The van der Waals surface area contributed by atoms with Crippen LogP contribution in [0.3, 0.4) is 0 Å². The fraction of sp³-hybridized carbons (Fsp3) is 0.410. The minimum absolute atomic E-state index is 0.0228. The van der Waals surface area contributed by atoms with E-state index in [1.165, 1.54) is 26.5 Å². The highest BCUT2D eigenvalue weighted by molar-refractivity contribution is 6.14. The van der Waals surface area contributed by atoms with Crippen LogP contribution < -0.4 is 36.9 Å². The molecule has 2 aromatic heterocycles. The first-order valence-corrected chi connectivity index (χ1v) is 18.6. The Morgan fingerprint density at radius 2 is 1.15 bits per heavy atom. The number of ether oxygens (including phenoxy) is 3. The van der Waals surface area contributed by atoms with Gasteiger partial charge in [-0.05, 0) is 83.8 Å². The first kappa shape index (κ1) is 43.8. The molecule has 316 valence electrons. The molecule has 0 unspecified atom stereocenters. The second-order valence-corrected chi connectivity index (χ2v) is 14.6. The number of nitrogen functional groups attached to an aromatic ring is 2. The topological polar surface area (TPSA) is 222 Å². The monoisotopic (exact) mass is 826 g/mol. The van der Waals surface area contributed by atoms with E-state index < -0.39 is 51.6 Å². The van der Waals surface area contributed by atoms with Crippen LogP contribution in [-0.2, 0) is 4.74 Å². The zero-order chi connectivity index (χ0) is 43.0. The molecule has 0 atom stereocenters. The number of benzene rings is 2. The van der Waals surface area contributed by atoms with E-state index >= 15 is 0 Å². The van der Waals surface area contributed by atoms with E-state index in [0.29, 0.717) is 25.9 Å². The molecule has 0 spiro atoms. The lowest BCUT2D eigenvalue weighted by Crippen LogP contribution is -2.44. The highest BCUT2D eigenvalue weighted by Gasteiger charge is 2.29. The Bertz CT molecular complexity index is 2180. The van der Waals surface area contributed by atoms with Crippen molar-refractivity contribution in [1.29, 1.82) is 0 Å². The summed E-state index contributed by atoms with van der Waals surface area (Å²) in [5.74, 6) is -6.76. The first-order chi connectivity index (χ1) is 28.0. The molecule has 6 rings (SSSR count). The average molecular weight is 827 g/mol. The van der Waals surface area contributed by atoms with Crippen molar-refractivity contribution in [3.63, 3.8) is 0 Å². The van der Waals surface area contributed by atoms with Gasteiger partial charge in [-0.3, -0.25) is 9.59 Å². The van der Waals surface area contributed by atoms with Gasteiger partial charge in [-0.25, -0.2) is 32.3 Å². The van der Waals surface area contributed by atoms with Gasteiger partial charge in [0, 0.05) is 37.6 Å². The molecule has 2 aromatic carbocycles. The van der Waals surface area contributed by atoms with Crippen molar-refractivity contribution in [1.82, 2.24) is 30.2 Å². The third kappa shape index (κ3) is 10.8. The molecule has 0 aliphatic carbocycles. The number of carbonyl (C=O) groups is 3. The van der Waals surface area contributed by atoms with Gasteiger partial charge in [0.2, 0.25) is 23.5 Å². The third-order valence-corrected chi connectivity index (χ3v) is 9.29. The van der Waals surface area contributed by atoms with Crippen LogP contribution in [0.2, 0.25) is 0 Å². The Morgan fingerprint density at radius 3 is 1.54 bits per heavy atom. The summed E-state index contributed by atoms with van der Waals surface area (Å²) >= 11 is 0. The Kier molecular flexibility index (Phi) is 14.1. The van der Waals surface area contributed by atoms with Crippen molar-refractivity contribution in [2.45, 2.75) is 64.1 Å². The van der Waals surface area contributed by atoms with Crippen LogP contribution in [0.15, 0.2) is 36.7 Å². The van der Waals surface area contributed by atoms with Crippen molar-refractivity contribution in [3.05, 3.63) is 82.2 Å². The fourth-order valence-electron chi connectivity index (χ4n) is 6.24. The van der Waals surface area contributed by atoms with Crippen LogP contribution in [0, 0.1) is 23.3 Å².